The number of amides is 2. The summed E-state index contributed by atoms with van der Waals surface area (Å²) >= 11 is 3.38. The van der Waals surface area contributed by atoms with Crippen molar-refractivity contribution in [2.45, 2.75) is 6.54 Å². The van der Waals surface area contributed by atoms with Crippen molar-refractivity contribution < 1.29 is 9.53 Å². The molecule has 0 atom stereocenters. The summed E-state index contributed by atoms with van der Waals surface area (Å²) in [4.78, 5) is 13.7. The number of nitrogens with zero attached hydrogens (tertiary/aromatic N) is 1. The normalized spacial score (nSPS) is 10.0. The molecule has 2 aromatic rings. The maximum Gasteiger partial charge on any atom is 0.321 e. The maximum absolute atomic E-state index is 12.1. The van der Waals surface area contributed by atoms with Gasteiger partial charge in [0.25, 0.3) is 0 Å². The van der Waals surface area contributed by atoms with Crippen molar-refractivity contribution in [2.24, 2.45) is 0 Å². The number of halogens is 1. The minimum atomic E-state index is -0.153. The van der Waals surface area contributed by atoms with Crippen LogP contribution in [0.1, 0.15) is 5.56 Å². The second kappa shape index (κ2) is 7.13. The van der Waals surface area contributed by atoms with Crippen molar-refractivity contribution in [3.63, 3.8) is 0 Å². The third-order valence-electron chi connectivity index (χ3n) is 3.10. The van der Waals surface area contributed by atoms with Crippen LogP contribution in [0.15, 0.2) is 53.0 Å². The van der Waals surface area contributed by atoms with Crippen molar-refractivity contribution in [3.8, 4) is 5.75 Å². The van der Waals surface area contributed by atoms with E-state index in [-0.39, 0.29) is 6.03 Å². The van der Waals surface area contributed by atoms with Crippen LogP contribution in [-0.4, -0.2) is 20.2 Å². The van der Waals surface area contributed by atoms with Crippen LogP contribution in [0.2, 0.25) is 0 Å². The highest BCUT2D eigenvalue weighted by molar-refractivity contribution is 9.10. The molecule has 21 heavy (non-hydrogen) atoms. The first kappa shape index (κ1) is 15.4. The van der Waals surface area contributed by atoms with Crippen molar-refractivity contribution in [1.82, 2.24) is 5.32 Å². The number of rotatable bonds is 4. The summed E-state index contributed by atoms with van der Waals surface area (Å²) in [6, 6.07) is 15.0. The zero-order valence-corrected chi connectivity index (χ0v) is 13.6. The molecule has 0 unspecified atom stereocenters. The highest BCUT2D eigenvalue weighted by Crippen LogP contribution is 2.17. The average molecular weight is 349 g/mol. The lowest BCUT2D eigenvalue weighted by Crippen LogP contribution is -2.36. The summed E-state index contributed by atoms with van der Waals surface area (Å²) < 4.78 is 6.14. The summed E-state index contributed by atoms with van der Waals surface area (Å²) in [7, 11) is 3.36. The highest BCUT2D eigenvalue weighted by Gasteiger charge is 2.10. The van der Waals surface area contributed by atoms with E-state index in [1.807, 2.05) is 48.5 Å². The van der Waals surface area contributed by atoms with E-state index < -0.39 is 0 Å². The van der Waals surface area contributed by atoms with Gasteiger partial charge in [-0.25, -0.2) is 4.79 Å². The van der Waals surface area contributed by atoms with Crippen LogP contribution >= 0.6 is 15.9 Å². The monoisotopic (exact) mass is 348 g/mol. The van der Waals surface area contributed by atoms with Gasteiger partial charge in [0.05, 0.1) is 7.11 Å². The number of ether oxygens (including phenoxy) is 1. The fraction of sp³-hybridized carbons (Fsp3) is 0.188. The van der Waals surface area contributed by atoms with Crippen LogP contribution in [-0.2, 0) is 6.54 Å². The lowest BCUT2D eigenvalue weighted by Gasteiger charge is -2.18. The van der Waals surface area contributed by atoms with E-state index in [0.29, 0.717) is 6.54 Å². The zero-order valence-electron chi connectivity index (χ0n) is 12.0. The Hall–Kier alpha value is -2.01. The van der Waals surface area contributed by atoms with Gasteiger partial charge in [-0.15, -0.1) is 0 Å². The summed E-state index contributed by atoms with van der Waals surface area (Å²) in [5.41, 5.74) is 1.83. The van der Waals surface area contributed by atoms with Crippen molar-refractivity contribution in [1.29, 1.82) is 0 Å². The summed E-state index contributed by atoms with van der Waals surface area (Å²) in [6.45, 7) is 0.455. The fourth-order valence-electron chi connectivity index (χ4n) is 1.86. The number of benzene rings is 2. The number of hydrogen-bond donors (Lipinski definition) is 1. The Labute approximate surface area is 132 Å². The molecule has 0 aliphatic heterocycles. The topological polar surface area (TPSA) is 41.6 Å². The SMILES string of the molecule is COc1cccc(CNC(=O)N(C)c2ccc(Br)cc2)c1. The van der Waals surface area contributed by atoms with Crippen LogP contribution in [0.25, 0.3) is 0 Å². The molecule has 0 saturated heterocycles. The molecule has 0 aliphatic rings. The van der Waals surface area contributed by atoms with Crippen molar-refractivity contribution in [2.75, 3.05) is 19.1 Å². The molecule has 4 nitrogen and oxygen atoms in total. The third kappa shape index (κ3) is 4.23. The lowest BCUT2D eigenvalue weighted by atomic mass is 10.2. The molecule has 5 heteroatoms. The molecular weight excluding hydrogens is 332 g/mol. The van der Waals surface area contributed by atoms with Crippen LogP contribution in [0.5, 0.6) is 5.75 Å². The number of carbonyl (C=O) groups excluding carboxylic acids is 1. The van der Waals surface area contributed by atoms with Gasteiger partial charge in [0.1, 0.15) is 5.75 Å². The van der Waals surface area contributed by atoms with E-state index in [1.165, 1.54) is 0 Å². The molecule has 0 aromatic heterocycles. The molecule has 0 aliphatic carbocycles. The highest BCUT2D eigenvalue weighted by atomic mass is 79.9. The van der Waals surface area contributed by atoms with Crippen LogP contribution < -0.4 is 15.0 Å². The number of carbonyl (C=O) groups is 1. The summed E-state index contributed by atoms with van der Waals surface area (Å²) in [5, 5.41) is 2.88. The Kier molecular flexibility index (Phi) is 5.22. The van der Waals surface area contributed by atoms with Gasteiger partial charge in [-0.3, -0.25) is 4.90 Å². The molecule has 2 rings (SSSR count). The van der Waals surface area contributed by atoms with E-state index >= 15 is 0 Å². The molecule has 0 bridgehead atoms. The number of hydrogen-bond acceptors (Lipinski definition) is 2. The summed E-state index contributed by atoms with van der Waals surface area (Å²) in [6.07, 6.45) is 0. The first-order valence-electron chi connectivity index (χ1n) is 6.50. The number of methoxy groups -OCH3 is 1. The Balaban J connectivity index is 1.96. The van der Waals surface area contributed by atoms with E-state index in [9.17, 15) is 4.79 Å². The fourth-order valence-corrected chi connectivity index (χ4v) is 2.12. The van der Waals surface area contributed by atoms with E-state index in [1.54, 1.807) is 19.1 Å². The molecule has 2 aromatic carbocycles. The van der Waals surface area contributed by atoms with Gasteiger partial charge in [0.2, 0.25) is 0 Å². The maximum atomic E-state index is 12.1. The molecule has 2 amide bonds. The Bertz CT molecular complexity index is 614. The molecule has 1 N–H and O–H groups in total. The first-order valence-corrected chi connectivity index (χ1v) is 7.29. The van der Waals surface area contributed by atoms with Gasteiger partial charge in [0, 0.05) is 23.8 Å². The van der Waals surface area contributed by atoms with Crippen LogP contribution in [0.3, 0.4) is 0 Å². The number of urea groups is 1. The Morgan fingerprint density at radius 3 is 2.62 bits per heavy atom. The van der Waals surface area contributed by atoms with Gasteiger partial charge >= 0.3 is 6.03 Å². The van der Waals surface area contributed by atoms with Gasteiger partial charge < -0.3 is 10.1 Å². The lowest BCUT2D eigenvalue weighted by molar-refractivity contribution is 0.247. The standard InChI is InChI=1S/C16H17BrN2O2/c1-19(14-8-6-13(17)7-9-14)16(20)18-11-12-4-3-5-15(10-12)21-2/h3-10H,11H2,1-2H3,(H,18,20). The van der Waals surface area contributed by atoms with Crippen LogP contribution in [0, 0.1) is 0 Å². The van der Waals surface area contributed by atoms with Gasteiger partial charge in [0.15, 0.2) is 0 Å². The minimum absolute atomic E-state index is 0.153. The minimum Gasteiger partial charge on any atom is -0.497 e. The molecule has 0 radical (unpaired) electrons. The predicted octanol–water partition coefficient (Wildman–Crippen LogP) is 3.80. The van der Waals surface area contributed by atoms with Gasteiger partial charge in [-0.2, -0.15) is 0 Å². The van der Waals surface area contributed by atoms with Crippen molar-refractivity contribution in [3.05, 3.63) is 58.6 Å². The molecular formula is C16H17BrN2O2. The third-order valence-corrected chi connectivity index (χ3v) is 3.63. The van der Waals surface area contributed by atoms with E-state index in [4.69, 9.17) is 4.74 Å². The number of nitrogens with one attached hydrogen (secondary N) is 1. The molecule has 0 heterocycles. The quantitative estimate of drug-likeness (QED) is 0.912. The molecule has 0 fully saturated rings. The Morgan fingerprint density at radius 1 is 1.24 bits per heavy atom. The van der Waals surface area contributed by atoms with E-state index in [2.05, 4.69) is 21.2 Å². The molecule has 110 valence electrons. The van der Waals surface area contributed by atoms with Crippen molar-refractivity contribution >= 4 is 27.6 Å². The Morgan fingerprint density at radius 2 is 1.95 bits per heavy atom. The molecule has 0 spiro atoms. The predicted molar refractivity (Wildman–Crippen MR) is 87.8 cm³/mol. The molecule has 0 saturated carbocycles. The zero-order chi connectivity index (χ0) is 15.2. The first-order chi connectivity index (χ1) is 10.1. The van der Waals surface area contributed by atoms with E-state index in [0.717, 1.165) is 21.5 Å². The smallest absolute Gasteiger partial charge is 0.321 e. The number of anilines is 1. The summed E-state index contributed by atoms with van der Waals surface area (Å²) in [5.74, 6) is 0.781. The largest absolute Gasteiger partial charge is 0.497 e. The van der Waals surface area contributed by atoms with Crippen LogP contribution in [0.4, 0.5) is 10.5 Å². The second-order valence-electron chi connectivity index (χ2n) is 4.55. The van der Waals surface area contributed by atoms with Gasteiger partial charge in [-0.05, 0) is 42.0 Å². The average Bonchev–Trinajstić information content (AvgIpc) is 2.53. The van der Waals surface area contributed by atoms with Gasteiger partial charge in [-0.1, -0.05) is 28.1 Å². The second-order valence-corrected chi connectivity index (χ2v) is 5.46.